The van der Waals surface area contributed by atoms with Crippen molar-refractivity contribution < 1.29 is 34.4 Å². The van der Waals surface area contributed by atoms with Crippen LogP contribution in [0.15, 0.2) is 23.0 Å². The lowest BCUT2D eigenvalue weighted by atomic mass is 9.42. The average molecular weight is 380 g/mol. The van der Waals surface area contributed by atoms with Crippen LogP contribution in [0.2, 0.25) is 0 Å². The van der Waals surface area contributed by atoms with Gasteiger partial charge in [0.1, 0.15) is 6.10 Å². The first kappa shape index (κ1) is 18.9. The van der Waals surface area contributed by atoms with Gasteiger partial charge < -0.3 is 29.6 Å². The second-order valence-electron chi connectivity index (χ2n) is 8.68. The van der Waals surface area contributed by atoms with Gasteiger partial charge in [-0.05, 0) is 37.2 Å². The highest BCUT2D eigenvalue weighted by molar-refractivity contribution is 5.80. The second-order valence-corrected chi connectivity index (χ2v) is 8.68. The number of hydrogen-bond donors (Lipinski definition) is 4. The number of esters is 1. The summed E-state index contributed by atoms with van der Waals surface area (Å²) in [5.41, 5.74) is -3.13. The Morgan fingerprint density at radius 1 is 1.30 bits per heavy atom. The van der Waals surface area contributed by atoms with Gasteiger partial charge in [-0.3, -0.25) is 4.79 Å². The predicted octanol–water partition coefficient (Wildman–Crippen LogP) is 1.16. The van der Waals surface area contributed by atoms with Crippen LogP contribution in [0.1, 0.15) is 50.7 Å². The number of carbonyl (C=O) groups excluding carboxylic acids is 1. The highest BCUT2D eigenvalue weighted by Gasteiger charge is 2.73. The molecule has 1 aromatic heterocycles. The number of aliphatic hydroxyl groups excluding tert-OH is 3. The molecule has 0 amide bonds. The van der Waals surface area contributed by atoms with Crippen molar-refractivity contribution in [3.05, 3.63) is 24.2 Å². The zero-order chi connectivity index (χ0) is 19.4. The van der Waals surface area contributed by atoms with Crippen LogP contribution in [-0.4, -0.2) is 51.3 Å². The first-order valence-corrected chi connectivity index (χ1v) is 9.71. The Bertz CT molecular complexity index is 703. The van der Waals surface area contributed by atoms with E-state index in [1.165, 1.54) is 6.26 Å². The minimum atomic E-state index is -1.63. The Kier molecular flexibility index (Phi) is 4.42. The molecule has 2 aliphatic carbocycles. The van der Waals surface area contributed by atoms with Crippen molar-refractivity contribution in [2.24, 2.45) is 22.7 Å². The van der Waals surface area contributed by atoms with E-state index in [2.05, 4.69) is 0 Å². The molecule has 1 spiro atoms. The van der Waals surface area contributed by atoms with E-state index in [0.29, 0.717) is 19.3 Å². The molecule has 2 heterocycles. The lowest BCUT2D eigenvalue weighted by Crippen LogP contribution is -2.72. The van der Waals surface area contributed by atoms with E-state index in [1.807, 2.05) is 6.92 Å². The smallest absolute Gasteiger partial charge is 0.313 e. The standard InChI is InChI=1S/C20H28O7/c1-12-7-16(23)20(11-22)15(3-2-5-18(20,25)10-21)19(12)8-14(27-17(19)24)13-4-6-26-9-13/h4,6,9,12,14-16,21-23,25H,2-3,5,7-8,10-11H2,1H3/t12-,14+,15-,16-,18-,19-,20+/m1/s1. The zero-order valence-corrected chi connectivity index (χ0v) is 15.5. The molecule has 7 nitrogen and oxygen atoms in total. The number of furan rings is 1. The van der Waals surface area contributed by atoms with Crippen LogP contribution >= 0.6 is 0 Å². The van der Waals surface area contributed by atoms with Crippen LogP contribution in [0, 0.1) is 22.7 Å². The third-order valence-corrected chi connectivity index (χ3v) is 7.83. The highest BCUT2D eigenvalue weighted by Crippen LogP contribution is 2.67. The van der Waals surface area contributed by atoms with E-state index in [9.17, 15) is 25.2 Å². The van der Waals surface area contributed by atoms with Crippen molar-refractivity contribution in [1.82, 2.24) is 0 Å². The van der Waals surface area contributed by atoms with Gasteiger partial charge in [-0.25, -0.2) is 0 Å². The van der Waals surface area contributed by atoms with Crippen LogP contribution in [-0.2, 0) is 9.53 Å². The normalized spacial score (nSPS) is 47.1. The van der Waals surface area contributed by atoms with Crippen LogP contribution in [0.5, 0.6) is 0 Å². The molecule has 4 N–H and O–H groups in total. The molecule has 4 rings (SSSR count). The molecule has 1 aromatic rings. The van der Waals surface area contributed by atoms with Crippen LogP contribution in [0.4, 0.5) is 0 Å². The number of aliphatic hydroxyl groups is 4. The minimum absolute atomic E-state index is 0.178. The average Bonchev–Trinajstić information content (AvgIpc) is 3.29. The number of fused-ring (bicyclic) bond motifs is 2. The molecule has 0 unspecified atom stereocenters. The van der Waals surface area contributed by atoms with Gasteiger partial charge in [-0.2, -0.15) is 0 Å². The van der Waals surface area contributed by atoms with E-state index in [0.717, 1.165) is 5.56 Å². The summed E-state index contributed by atoms with van der Waals surface area (Å²) in [5, 5.41) is 42.5. The van der Waals surface area contributed by atoms with Gasteiger partial charge in [0.05, 0.1) is 48.3 Å². The summed E-state index contributed by atoms with van der Waals surface area (Å²) in [6.45, 7) is 0.871. The topological polar surface area (TPSA) is 120 Å². The van der Waals surface area contributed by atoms with E-state index in [4.69, 9.17) is 9.15 Å². The molecule has 1 saturated heterocycles. The Morgan fingerprint density at radius 3 is 2.70 bits per heavy atom. The number of carbonyl (C=O) groups is 1. The summed E-state index contributed by atoms with van der Waals surface area (Å²) in [4.78, 5) is 13.2. The minimum Gasteiger partial charge on any atom is -0.472 e. The maximum Gasteiger partial charge on any atom is 0.313 e. The zero-order valence-electron chi connectivity index (χ0n) is 15.5. The summed E-state index contributed by atoms with van der Waals surface area (Å²) in [7, 11) is 0. The lowest BCUT2D eigenvalue weighted by Gasteiger charge is -2.63. The fourth-order valence-electron chi connectivity index (χ4n) is 6.36. The van der Waals surface area contributed by atoms with Crippen molar-refractivity contribution in [2.75, 3.05) is 13.2 Å². The molecule has 0 aromatic carbocycles. The van der Waals surface area contributed by atoms with Crippen LogP contribution in [0.3, 0.4) is 0 Å². The van der Waals surface area contributed by atoms with Crippen molar-refractivity contribution in [1.29, 1.82) is 0 Å². The summed E-state index contributed by atoms with van der Waals surface area (Å²) < 4.78 is 10.9. The van der Waals surface area contributed by atoms with Gasteiger partial charge in [-0.1, -0.05) is 13.3 Å². The number of hydrogen-bond acceptors (Lipinski definition) is 7. The Morgan fingerprint density at radius 2 is 2.07 bits per heavy atom. The van der Waals surface area contributed by atoms with E-state index >= 15 is 0 Å². The second kappa shape index (κ2) is 6.30. The van der Waals surface area contributed by atoms with E-state index in [-0.39, 0.29) is 24.7 Å². The lowest BCUT2D eigenvalue weighted by molar-refractivity contribution is -0.273. The van der Waals surface area contributed by atoms with E-state index < -0.39 is 47.8 Å². The van der Waals surface area contributed by atoms with E-state index in [1.54, 1.807) is 12.3 Å². The Balaban J connectivity index is 1.82. The monoisotopic (exact) mass is 380 g/mol. The quantitative estimate of drug-likeness (QED) is 0.581. The summed E-state index contributed by atoms with van der Waals surface area (Å²) in [6, 6.07) is 1.77. The van der Waals surface area contributed by atoms with Crippen LogP contribution < -0.4 is 0 Å². The predicted molar refractivity (Wildman–Crippen MR) is 93.3 cm³/mol. The van der Waals surface area contributed by atoms with Crippen LogP contribution in [0.25, 0.3) is 0 Å². The first-order chi connectivity index (χ1) is 12.9. The maximum atomic E-state index is 13.2. The molecular weight excluding hydrogens is 352 g/mol. The van der Waals surface area contributed by atoms with Crippen molar-refractivity contribution in [3.8, 4) is 0 Å². The van der Waals surface area contributed by atoms with Gasteiger partial charge in [0.25, 0.3) is 0 Å². The van der Waals surface area contributed by atoms with Gasteiger partial charge >= 0.3 is 5.97 Å². The van der Waals surface area contributed by atoms with Crippen molar-refractivity contribution in [3.63, 3.8) is 0 Å². The Labute approximate surface area is 157 Å². The molecular formula is C20H28O7. The van der Waals surface area contributed by atoms with Gasteiger partial charge in [-0.15, -0.1) is 0 Å². The number of rotatable bonds is 3. The molecule has 27 heavy (non-hydrogen) atoms. The molecule has 0 radical (unpaired) electrons. The molecule has 2 saturated carbocycles. The third kappa shape index (κ3) is 2.26. The SMILES string of the molecule is C[C@@H]1C[C@@H](O)[C@]2(CO)[C@H](CCC[C@@]2(O)CO)[C@@]12C[C@@H](c1ccoc1)OC2=O. The first-order valence-electron chi connectivity index (χ1n) is 9.71. The molecule has 0 bridgehead atoms. The molecule has 1 aliphatic heterocycles. The number of cyclic esters (lactones) is 1. The molecule has 7 heteroatoms. The maximum absolute atomic E-state index is 13.2. The van der Waals surface area contributed by atoms with Gasteiger partial charge in [0.2, 0.25) is 0 Å². The fraction of sp³-hybridized carbons (Fsp3) is 0.750. The molecule has 3 aliphatic rings. The number of ether oxygens (including phenoxy) is 1. The van der Waals surface area contributed by atoms with Gasteiger partial charge in [0, 0.05) is 12.0 Å². The molecule has 7 atom stereocenters. The Hall–Kier alpha value is -1.41. The largest absolute Gasteiger partial charge is 0.472 e. The highest BCUT2D eigenvalue weighted by atomic mass is 16.6. The summed E-state index contributed by atoms with van der Waals surface area (Å²) in [5.74, 6) is -1.01. The van der Waals surface area contributed by atoms with Gasteiger partial charge in [0.15, 0.2) is 0 Å². The fourth-order valence-corrected chi connectivity index (χ4v) is 6.36. The van der Waals surface area contributed by atoms with Crippen molar-refractivity contribution in [2.45, 2.75) is 56.8 Å². The summed E-state index contributed by atoms with van der Waals surface area (Å²) >= 11 is 0. The third-order valence-electron chi connectivity index (χ3n) is 7.83. The van der Waals surface area contributed by atoms with Crippen molar-refractivity contribution >= 4 is 5.97 Å². The summed E-state index contributed by atoms with van der Waals surface area (Å²) in [6.07, 6.45) is 3.77. The molecule has 3 fully saturated rings. The molecule has 150 valence electrons.